The normalized spacial score (nSPS) is 13.3. The van der Waals surface area contributed by atoms with Gasteiger partial charge < -0.3 is 24.8 Å². The molecule has 1 aliphatic heterocycles. The lowest BCUT2D eigenvalue weighted by Crippen LogP contribution is -2.20. The third-order valence-electron chi connectivity index (χ3n) is 6.51. The van der Waals surface area contributed by atoms with Crippen LogP contribution in [0.15, 0.2) is 53.3 Å². The van der Waals surface area contributed by atoms with Crippen LogP contribution in [-0.4, -0.2) is 60.2 Å². The van der Waals surface area contributed by atoms with Crippen LogP contribution in [0, 0.1) is 0 Å². The predicted molar refractivity (Wildman–Crippen MR) is 163 cm³/mol. The fourth-order valence-electron chi connectivity index (χ4n) is 4.61. The van der Waals surface area contributed by atoms with Gasteiger partial charge in [-0.25, -0.2) is 4.98 Å². The molecule has 38 heavy (non-hydrogen) atoms. The van der Waals surface area contributed by atoms with E-state index in [2.05, 4.69) is 65.8 Å². The molecule has 1 unspecified atom stereocenters. The SMILES string of the molecule is COc1cc2c(cc1Nc1ncc(Br)c(Nc3ccccc3P(C)(C)=O)n1)-c1cnn(PC)c1CCN2C. The van der Waals surface area contributed by atoms with Crippen LogP contribution in [0.3, 0.4) is 0 Å². The molecule has 0 saturated heterocycles. The molecule has 0 saturated carbocycles. The fourth-order valence-corrected chi connectivity index (χ4v) is 6.73. The lowest BCUT2D eigenvalue weighted by atomic mass is 10.0. The minimum Gasteiger partial charge on any atom is -0.494 e. The number of benzene rings is 2. The van der Waals surface area contributed by atoms with Crippen molar-refractivity contribution in [2.24, 2.45) is 0 Å². The Morgan fingerprint density at radius 2 is 1.89 bits per heavy atom. The number of likely N-dealkylation sites (N-methyl/N-ethyl adjacent to an activating group) is 1. The second-order valence-corrected chi connectivity index (χ2v) is 14.3. The average Bonchev–Trinajstić information content (AvgIpc) is 3.25. The number of para-hydroxylation sites is 1. The minimum atomic E-state index is -2.50. The maximum atomic E-state index is 12.8. The number of methoxy groups -OCH3 is 1. The van der Waals surface area contributed by atoms with Crippen LogP contribution in [0.4, 0.5) is 28.8 Å². The lowest BCUT2D eigenvalue weighted by Gasteiger charge is -2.22. The summed E-state index contributed by atoms with van der Waals surface area (Å²) in [5, 5.41) is 12.1. The number of aromatic nitrogens is 4. The van der Waals surface area contributed by atoms with Gasteiger partial charge in [0.15, 0.2) is 0 Å². The molecule has 4 aromatic rings. The molecule has 3 heterocycles. The Balaban J connectivity index is 1.53. The number of fused-ring (bicyclic) bond motifs is 3. The molecule has 198 valence electrons. The van der Waals surface area contributed by atoms with Crippen LogP contribution in [-0.2, 0) is 11.0 Å². The van der Waals surface area contributed by atoms with Gasteiger partial charge in [-0.05, 0) is 54.1 Å². The summed E-state index contributed by atoms with van der Waals surface area (Å²) in [6, 6.07) is 11.7. The molecule has 0 bridgehead atoms. The van der Waals surface area contributed by atoms with E-state index < -0.39 is 7.14 Å². The van der Waals surface area contributed by atoms with Crippen molar-refractivity contribution in [1.29, 1.82) is 0 Å². The molecule has 0 fully saturated rings. The second-order valence-electron chi connectivity index (χ2n) is 9.39. The summed E-state index contributed by atoms with van der Waals surface area (Å²) in [6.07, 6.45) is 4.56. The zero-order chi connectivity index (χ0) is 27.0. The van der Waals surface area contributed by atoms with Gasteiger partial charge in [0.2, 0.25) is 5.95 Å². The number of halogens is 1. The third-order valence-corrected chi connectivity index (χ3v) is 9.45. The van der Waals surface area contributed by atoms with E-state index in [1.54, 1.807) is 26.6 Å². The van der Waals surface area contributed by atoms with Crippen molar-refractivity contribution in [2.45, 2.75) is 6.42 Å². The van der Waals surface area contributed by atoms with E-state index in [1.807, 2.05) is 36.5 Å². The summed E-state index contributed by atoms with van der Waals surface area (Å²) in [6.45, 7) is 6.54. The van der Waals surface area contributed by atoms with Crippen LogP contribution >= 0.6 is 31.8 Å². The van der Waals surface area contributed by atoms with Gasteiger partial charge in [-0.3, -0.25) is 4.45 Å². The molecule has 2 aromatic heterocycles. The minimum absolute atomic E-state index is 0.399. The summed E-state index contributed by atoms with van der Waals surface area (Å²) in [4.78, 5) is 11.5. The topological polar surface area (TPSA) is 97.2 Å². The van der Waals surface area contributed by atoms with Crippen molar-refractivity contribution < 1.29 is 9.30 Å². The molecule has 0 aliphatic carbocycles. The highest BCUT2D eigenvalue weighted by atomic mass is 79.9. The number of hydrogen-bond donors (Lipinski definition) is 2. The van der Waals surface area contributed by atoms with Gasteiger partial charge in [-0.15, -0.1) is 0 Å². The van der Waals surface area contributed by atoms with Gasteiger partial charge in [0, 0.05) is 63.1 Å². The average molecular weight is 614 g/mol. The van der Waals surface area contributed by atoms with Gasteiger partial charge in [-0.1, -0.05) is 12.1 Å². The highest BCUT2D eigenvalue weighted by Gasteiger charge is 2.24. The first-order valence-electron chi connectivity index (χ1n) is 12.1. The summed E-state index contributed by atoms with van der Waals surface area (Å²) >= 11 is 3.55. The molecule has 2 aromatic carbocycles. The van der Waals surface area contributed by atoms with E-state index >= 15 is 0 Å². The molecule has 5 rings (SSSR count). The molecular formula is C26H30BrN7O2P2. The van der Waals surface area contributed by atoms with Crippen molar-refractivity contribution in [3.05, 3.63) is 59.0 Å². The van der Waals surface area contributed by atoms with E-state index in [4.69, 9.17) is 9.72 Å². The maximum Gasteiger partial charge on any atom is 0.229 e. The smallest absolute Gasteiger partial charge is 0.229 e. The van der Waals surface area contributed by atoms with Gasteiger partial charge in [-0.2, -0.15) is 10.1 Å². The molecule has 12 heteroatoms. The number of hydrogen-bond acceptors (Lipinski definition) is 8. The maximum absolute atomic E-state index is 12.8. The van der Waals surface area contributed by atoms with Gasteiger partial charge in [0.05, 0.1) is 34.8 Å². The van der Waals surface area contributed by atoms with Gasteiger partial charge in [0.25, 0.3) is 0 Å². The quantitative estimate of drug-likeness (QED) is 0.248. The Bertz CT molecular complexity index is 1550. The second kappa shape index (κ2) is 10.7. The third kappa shape index (κ3) is 5.18. The summed E-state index contributed by atoms with van der Waals surface area (Å²) in [5.74, 6) is 1.65. The Morgan fingerprint density at radius 1 is 1.11 bits per heavy atom. The van der Waals surface area contributed by atoms with Crippen LogP contribution in [0.25, 0.3) is 11.1 Å². The monoisotopic (exact) mass is 613 g/mol. The Kier molecular flexibility index (Phi) is 7.49. The molecule has 9 nitrogen and oxygen atoms in total. The zero-order valence-corrected chi connectivity index (χ0v) is 25.4. The number of rotatable bonds is 7. The molecule has 0 radical (unpaired) electrons. The van der Waals surface area contributed by atoms with E-state index in [0.717, 1.165) is 46.5 Å². The van der Waals surface area contributed by atoms with Crippen LogP contribution in [0.1, 0.15) is 5.69 Å². The highest BCUT2D eigenvalue weighted by Crippen LogP contribution is 2.43. The van der Waals surface area contributed by atoms with Gasteiger partial charge in [0.1, 0.15) is 18.7 Å². The van der Waals surface area contributed by atoms with E-state index in [1.165, 1.54) is 5.69 Å². The highest BCUT2D eigenvalue weighted by molar-refractivity contribution is 9.10. The summed E-state index contributed by atoms with van der Waals surface area (Å²) in [5.41, 5.74) is 6.03. The first kappa shape index (κ1) is 26.7. The van der Waals surface area contributed by atoms with Crippen molar-refractivity contribution in [3.63, 3.8) is 0 Å². The number of nitrogens with one attached hydrogen (secondary N) is 2. The van der Waals surface area contributed by atoms with Crippen molar-refractivity contribution in [1.82, 2.24) is 19.5 Å². The number of anilines is 5. The Morgan fingerprint density at radius 3 is 2.63 bits per heavy atom. The summed E-state index contributed by atoms with van der Waals surface area (Å²) in [7, 11) is 1.83. The van der Waals surface area contributed by atoms with Crippen molar-refractivity contribution in [3.8, 4) is 16.9 Å². The molecule has 0 amide bonds. The fraction of sp³-hybridized carbons (Fsp3) is 0.269. The molecule has 2 N–H and O–H groups in total. The zero-order valence-electron chi connectivity index (χ0n) is 21.9. The molecular weight excluding hydrogens is 584 g/mol. The largest absolute Gasteiger partial charge is 0.494 e. The lowest BCUT2D eigenvalue weighted by molar-refractivity contribution is 0.417. The van der Waals surface area contributed by atoms with Crippen molar-refractivity contribution in [2.75, 3.05) is 56.2 Å². The van der Waals surface area contributed by atoms with Crippen LogP contribution in [0.2, 0.25) is 0 Å². The first-order valence-corrected chi connectivity index (χ1v) is 16.9. The number of nitrogens with zero attached hydrogens (tertiary/aromatic N) is 5. The van der Waals surface area contributed by atoms with E-state index in [-0.39, 0.29) is 0 Å². The summed E-state index contributed by atoms with van der Waals surface area (Å²) < 4.78 is 21.4. The Hall–Kier alpha value is -2.93. The van der Waals surface area contributed by atoms with Crippen LogP contribution in [0.5, 0.6) is 5.75 Å². The van der Waals surface area contributed by atoms with E-state index in [9.17, 15) is 4.57 Å². The molecule has 0 spiro atoms. The standard InChI is InChI=1S/C26H30BrN7O2P2/c1-33-11-10-21-17(14-29-34(21)37-3)16-12-20(23(36-2)13-22(16)33)31-26-28-15-18(27)25(32-26)30-19-8-6-7-9-24(19)38(4,5)35/h6-9,12-15,37H,10-11H2,1-5H3,(H2,28,30,31,32). The van der Waals surface area contributed by atoms with Crippen LogP contribution < -0.4 is 25.6 Å². The molecule has 1 aliphatic rings. The van der Waals surface area contributed by atoms with Gasteiger partial charge >= 0.3 is 0 Å². The molecule has 1 atom stereocenters. The van der Waals surface area contributed by atoms with E-state index in [0.29, 0.717) is 30.7 Å². The van der Waals surface area contributed by atoms with Crippen molar-refractivity contribution >= 4 is 65.9 Å². The number of ether oxygens (including phenoxy) is 1. The predicted octanol–water partition coefficient (Wildman–Crippen LogP) is 5.91. The first-order chi connectivity index (χ1) is 18.2. The Labute approximate surface area is 232 Å².